The summed E-state index contributed by atoms with van der Waals surface area (Å²) >= 11 is 0. The standard InChI is InChI=1S/C16H10F3NO/c17-16(18,19)14-6-4-13(5-7-14)15(21)9-11-2-1-3-12(8-11)10-20/h1-8H,9H2. The highest BCUT2D eigenvalue weighted by molar-refractivity contribution is 5.97. The Kier molecular flexibility index (Phi) is 4.08. The van der Waals surface area contributed by atoms with Crippen LogP contribution >= 0.6 is 0 Å². The van der Waals surface area contributed by atoms with Gasteiger partial charge in [0, 0.05) is 12.0 Å². The predicted octanol–water partition coefficient (Wildman–Crippen LogP) is 4.00. The van der Waals surface area contributed by atoms with E-state index in [4.69, 9.17) is 5.26 Å². The van der Waals surface area contributed by atoms with Crippen molar-refractivity contribution in [3.05, 3.63) is 70.8 Å². The maximum Gasteiger partial charge on any atom is 0.416 e. The van der Waals surface area contributed by atoms with Crippen molar-refractivity contribution in [1.29, 1.82) is 5.26 Å². The number of nitriles is 1. The summed E-state index contributed by atoms with van der Waals surface area (Å²) in [5, 5.41) is 8.78. The van der Waals surface area contributed by atoms with E-state index in [-0.39, 0.29) is 17.8 Å². The van der Waals surface area contributed by atoms with E-state index in [0.29, 0.717) is 11.1 Å². The van der Waals surface area contributed by atoms with Gasteiger partial charge in [-0.3, -0.25) is 4.79 Å². The van der Waals surface area contributed by atoms with Crippen molar-refractivity contribution >= 4 is 5.78 Å². The Labute approximate surface area is 119 Å². The van der Waals surface area contributed by atoms with E-state index in [9.17, 15) is 18.0 Å². The van der Waals surface area contributed by atoms with Crippen molar-refractivity contribution in [2.24, 2.45) is 0 Å². The van der Waals surface area contributed by atoms with Crippen LogP contribution in [0.4, 0.5) is 13.2 Å². The molecule has 5 heteroatoms. The van der Waals surface area contributed by atoms with Crippen LogP contribution in [-0.2, 0) is 12.6 Å². The predicted molar refractivity (Wildman–Crippen MR) is 70.6 cm³/mol. The second-order valence-electron chi connectivity index (χ2n) is 4.49. The quantitative estimate of drug-likeness (QED) is 0.801. The number of benzene rings is 2. The van der Waals surface area contributed by atoms with E-state index >= 15 is 0 Å². The van der Waals surface area contributed by atoms with Crippen LogP contribution < -0.4 is 0 Å². The number of ketones is 1. The van der Waals surface area contributed by atoms with E-state index in [1.54, 1.807) is 24.3 Å². The van der Waals surface area contributed by atoms with Crippen molar-refractivity contribution in [3.8, 4) is 6.07 Å². The third-order valence-electron chi connectivity index (χ3n) is 2.95. The summed E-state index contributed by atoms with van der Waals surface area (Å²) in [7, 11) is 0. The average Bonchev–Trinajstić information content (AvgIpc) is 2.46. The van der Waals surface area contributed by atoms with Crippen LogP contribution in [0, 0.1) is 11.3 Å². The molecule has 0 unspecified atom stereocenters. The van der Waals surface area contributed by atoms with Crippen LogP contribution in [0.15, 0.2) is 48.5 Å². The fourth-order valence-electron chi connectivity index (χ4n) is 1.88. The summed E-state index contributed by atoms with van der Waals surface area (Å²) in [6.45, 7) is 0. The summed E-state index contributed by atoms with van der Waals surface area (Å²) in [5.41, 5.74) is 0.516. The van der Waals surface area contributed by atoms with Gasteiger partial charge in [0.1, 0.15) is 0 Å². The Hall–Kier alpha value is -2.61. The lowest BCUT2D eigenvalue weighted by Crippen LogP contribution is -2.07. The summed E-state index contributed by atoms with van der Waals surface area (Å²) in [4.78, 5) is 12.0. The van der Waals surface area contributed by atoms with E-state index in [0.717, 1.165) is 12.1 Å². The molecule has 0 amide bonds. The molecule has 2 aromatic rings. The van der Waals surface area contributed by atoms with Gasteiger partial charge in [0.25, 0.3) is 0 Å². The van der Waals surface area contributed by atoms with Gasteiger partial charge >= 0.3 is 6.18 Å². The molecule has 0 aliphatic heterocycles. The maximum absolute atomic E-state index is 12.4. The first kappa shape index (κ1) is 14.8. The van der Waals surface area contributed by atoms with Gasteiger partial charge in [0.05, 0.1) is 17.2 Å². The van der Waals surface area contributed by atoms with E-state index in [2.05, 4.69) is 0 Å². The molecule has 0 spiro atoms. The Bertz CT molecular complexity index is 697. The van der Waals surface area contributed by atoms with Gasteiger partial charge in [-0.15, -0.1) is 0 Å². The van der Waals surface area contributed by atoms with Crippen molar-refractivity contribution < 1.29 is 18.0 Å². The molecule has 0 aliphatic carbocycles. The third kappa shape index (κ3) is 3.69. The van der Waals surface area contributed by atoms with Gasteiger partial charge in [-0.25, -0.2) is 0 Å². The molecule has 0 bridgehead atoms. The summed E-state index contributed by atoms with van der Waals surface area (Å²) in [6, 6.07) is 12.6. The number of nitrogens with zero attached hydrogens (tertiary/aromatic N) is 1. The van der Waals surface area contributed by atoms with Gasteiger partial charge < -0.3 is 0 Å². The molecule has 0 aliphatic rings. The fraction of sp³-hybridized carbons (Fsp3) is 0.125. The summed E-state index contributed by atoms with van der Waals surface area (Å²) < 4.78 is 37.3. The molecule has 0 saturated carbocycles. The van der Waals surface area contributed by atoms with Crippen LogP contribution in [0.2, 0.25) is 0 Å². The molecule has 0 heterocycles. The van der Waals surface area contributed by atoms with Gasteiger partial charge in [0.15, 0.2) is 5.78 Å². The Morgan fingerprint density at radius 2 is 1.76 bits per heavy atom. The first-order valence-corrected chi connectivity index (χ1v) is 6.09. The fourth-order valence-corrected chi connectivity index (χ4v) is 1.88. The van der Waals surface area contributed by atoms with Crippen molar-refractivity contribution in [3.63, 3.8) is 0 Å². The highest BCUT2D eigenvalue weighted by atomic mass is 19.4. The molecular formula is C16H10F3NO. The molecule has 0 N–H and O–H groups in total. The van der Waals surface area contributed by atoms with Crippen molar-refractivity contribution in [2.75, 3.05) is 0 Å². The van der Waals surface area contributed by atoms with Crippen LogP contribution in [0.3, 0.4) is 0 Å². The summed E-state index contributed by atoms with van der Waals surface area (Å²) in [6.07, 6.45) is -4.37. The first-order chi connectivity index (χ1) is 9.90. The van der Waals surface area contributed by atoms with Crippen molar-refractivity contribution in [1.82, 2.24) is 0 Å². The lowest BCUT2D eigenvalue weighted by molar-refractivity contribution is -0.137. The molecule has 0 saturated heterocycles. The number of Topliss-reactive ketones (excluding diaryl/α,β-unsaturated/α-hetero) is 1. The SMILES string of the molecule is N#Cc1cccc(CC(=O)c2ccc(C(F)(F)F)cc2)c1. The normalized spacial score (nSPS) is 11.0. The van der Waals surface area contributed by atoms with E-state index in [1.807, 2.05) is 6.07 Å². The zero-order chi connectivity index (χ0) is 15.5. The van der Waals surface area contributed by atoms with Crippen LogP contribution in [-0.4, -0.2) is 5.78 Å². The Morgan fingerprint density at radius 1 is 1.10 bits per heavy atom. The molecular weight excluding hydrogens is 279 g/mol. The molecule has 0 aromatic heterocycles. The topological polar surface area (TPSA) is 40.9 Å². The molecule has 2 rings (SSSR count). The van der Waals surface area contributed by atoms with Crippen LogP contribution in [0.5, 0.6) is 0 Å². The number of hydrogen-bond donors (Lipinski definition) is 0. The van der Waals surface area contributed by atoms with Crippen molar-refractivity contribution in [2.45, 2.75) is 12.6 Å². The molecule has 21 heavy (non-hydrogen) atoms. The smallest absolute Gasteiger partial charge is 0.294 e. The number of alkyl halides is 3. The van der Waals surface area contributed by atoms with E-state index in [1.165, 1.54) is 12.1 Å². The van der Waals surface area contributed by atoms with Gasteiger partial charge in [-0.1, -0.05) is 24.3 Å². The number of rotatable bonds is 3. The minimum absolute atomic E-state index is 0.0425. The second-order valence-corrected chi connectivity index (χ2v) is 4.49. The molecule has 106 valence electrons. The lowest BCUT2D eigenvalue weighted by Gasteiger charge is -2.07. The van der Waals surface area contributed by atoms with Gasteiger partial charge in [0.2, 0.25) is 0 Å². The highest BCUT2D eigenvalue weighted by Crippen LogP contribution is 2.29. The number of carbonyl (C=O) groups is 1. The molecule has 0 fully saturated rings. The molecule has 0 radical (unpaired) electrons. The average molecular weight is 289 g/mol. The Morgan fingerprint density at radius 3 is 2.33 bits per heavy atom. The first-order valence-electron chi connectivity index (χ1n) is 6.09. The molecule has 2 aromatic carbocycles. The largest absolute Gasteiger partial charge is 0.416 e. The lowest BCUT2D eigenvalue weighted by atomic mass is 10.0. The van der Waals surface area contributed by atoms with Crippen LogP contribution in [0.1, 0.15) is 27.0 Å². The minimum atomic E-state index is -4.41. The van der Waals surface area contributed by atoms with Gasteiger partial charge in [-0.2, -0.15) is 18.4 Å². The highest BCUT2D eigenvalue weighted by Gasteiger charge is 2.30. The van der Waals surface area contributed by atoms with Crippen LogP contribution in [0.25, 0.3) is 0 Å². The number of hydrogen-bond acceptors (Lipinski definition) is 2. The Balaban J connectivity index is 2.15. The summed E-state index contributed by atoms with van der Waals surface area (Å²) in [5.74, 6) is -0.293. The number of carbonyl (C=O) groups excluding carboxylic acids is 1. The zero-order valence-corrected chi connectivity index (χ0v) is 10.8. The minimum Gasteiger partial charge on any atom is -0.294 e. The maximum atomic E-state index is 12.4. The number of halogens is 3. The monoisotopic (exact) mass is 289 g/mol. The second kappa shape index (κ2) is 5.80. The van der Waals surface area contributed by atoms with E-state index < -0.39 is 11.7 Å². The third-order valence-corrected chi connectivity index (χ3v) is 2.95. The molecule has 2 nitrogen and oxygen atoms in total. The molecule has 0 atom stereocenters. The van der Waals surface area contributed by atoms with Gasteiger partial charge in [-0.05, 0) is 29.8 Å². The zero-order valence-electron chi connectivity index (χ0n) is 10.8.